The summed E-state index contributed by atoms with van der Waals surface area (Å²) in [7, 11) is 1.78. The Morgan fingerprint density at radius 3 is 2.67 bits per heavy atom. The Labute approximate surface area is 179 Å². The summed E-state index contributed by atoms with van der Waals surface area (Å²) in [5.41, 5.74) is 6.40. The van der Waals surface area contributed by atoms with E-state index in [0.29, 0.717) is 19.2 Å². The standard InChI is InChI=1S/C19H31N5O2.HI/c1-15-6-3-4-7-17(15)26-13-5-10-22-19(21-2)23-16-8-11-24(12-9-16)14-18(20)25;/h3-4,6-7,16H,5,8-14H2,1-2H3,(H2,20,25)(H2,21,22,23);1H. The van der Waals surface area contributed by atoms with Gasteiger partial charge in [0.25, 0.3) is 0 Å². The van der Waals surface area contributed by atoms with Crippen molar-refractivity contribution < 1.29 is 9.53 Å². The first kappa shape index (κ1) is 23.5. The molecule has 0 atom stereocenters. The molecule has 7 nitrogen and oxygen atoms in total. The van der Waals surface area contributed by atoms with Crippen LogP contribution in [0, 0.1) is 6.92 Å². The second kappa shape index (κ2) is 12.8. The summed E-state index contributed by atoms with van der Waals surface area (Å²) in [4.78, 5) is 17.4. The van der Waals surface area contributed by atoms with E-state index in [4.69, 9.17) is 10.5 Å². The van der Waals surface area contributed by atoms with Gasteiger partial charge in [-0.15, -0.1) is 24.0 Å². The highest BCUT2D eigenvalue weighted by Gasteiger charge is 2.20. The molecule has 0 saturated carbocycles. The van der Waals surface area contributed by atoms with Crippen LogP contribution in [0.25, 0.3) is 0 Å². The molecule has 0 unspecified atom stereocenters. The number of nitrogens with one attached hydrogen (secondary N) is 2. The van der Waals surface area contributed by atoms with Crippen LogP contribution >= 0.6 is 24.0 Å². The molecule has 1 heterocycles. The maximum atomic E-state index is 11.0. The van der Waals surface area contributed by atoms with Crippen molar-refractivity contribution in [1.29, 1.82) is 0 Å². The number of para-hydroxylation sites is 1. The van der Waals surface area contributed by atoms with E-state index < -0.39 is 0 Å². The Balaban J connectivity index is 0.00000364. The first-order valence-electron chi connectivity index (χ1n) is 9.24. The van der Waals surface area contributed by atoms with E-state index in [9.17, 15) is 4.79 Å². The van der Waals surface area contributed by atoms with Gasteiger partial charge in [0.1, 0.15) is 5.75 Å². The lowest BCUT2D eigenvalue weighted by atomic mass is 10.1. The number of rotatable bonds is 8. The minimum absolute atomic E-state index is 0. The zero-order valence-electron chi connectivity index (χ0n) is 16.2. The molecule has 152 valence electrons. The molecule has 1 aromatic carbocycles. The SMILES string of the molecule is CN=C(NCCCOc1ccccc1C)NC1CCN(CC(N)=O)CC1.I. The minimum Gasteiger partial charge on any atom is -0.493 e. The summed E-state index contributed by atoms with van der Waals surface area (Å²) in [5.74, 6) is 1.49. The van der Waals surface area contributed by atoms with Gasteiger partial charge < -0.3 is 21.1 Å². The van der Waals surface area contributed by atoms with Gasteiger partial charge in [0.15, 0.2) is 5.96 Å². The van der Waals surface area contributed by atoms with Crippen molar-refractivity contribution in [2.75, 3.05) is 39.8 Å². The summed E-state index contributed by atoms with van der Waals surface area (Å²) in [6.07, 6.45) is 2.85. The summed E-state index contributed by atoms with van der Waals surface area (Å²) in [6.45, 7) is 5.62. The fourth-order valence-corrected chi connectivity index (χ4v) is 3.02. The third-order valence-corrected chi connectivity index (χ3v) is 4.50. The number of hydrogen-bond acceptors (Lipinski definition) is 4. The number of halogens is 1. The molecule has 1 aromatic rings. The quantitative estimate of drug-likeness (QED) is 0.223. The maximum absolute atomic E-state index is 11.0. The molecule has 1 aliphatic rings. The van der Waals surface area contributed by atoms with Crippen LogP contribution in [-0.2, 0) is 4.79 Å². The molecule has 0 aliphatic carbocycles. The lowest BCUT2D eigenvalue weighted by molar-refractivity contribution is -0.119. The van der Waals surface area contributed by atoms with Crippen molar-refractivity contribution in [2.45, 2.75) is 32.2 Å². The maximum Gasteiger partial charge on any atom is 0.231 e. The Morgan fingerprint density at radius 2 is 2.04 bits per heavy atom. The van der Waals surface area contributed by atoms with Crippen LogP contribution < -0.4 is 21.1 Å². The van der Waals surface area contributed by atoms with Crippen molar-refractivity contribution in [3.8, 4) is 5.75 Å². The molecular weight excluding hydrogens is 457 g/mol. The molecule has 0 spiro atoms. The largest absolute Gasteiger partial charge is 0.493 e. The van der Waals surface area contributed by atoms with Crippen LogP contribution in [0.4, 0.5) is 0 Å². The minimum atomic E-state index is -0.262. The van der Waals surface area contributed by atoms with Gasteiger partial charge in [-0.05, 0) is 37.8 Å². The summed E-state index contributed by atoms with van der Waals surface area (Å²) >= 11 is 0. The number of benzene rings is 1. The van der Waals surface area contributed by atoms with Crippen LogP contribution in [0.2, 0.25) is 0 Å². The van der Waals surface area contributed by atoms with Crippen molar-refractivity contribution >= 4 is 35.8 Å². The van der Waals surface area contributed by atoms with Crippen LogP contribution in [0.3, 0.4) is 0 Å². The van der Waals surface area contributed by atoms with Crippen molar-refractivity contribution in [1.82, 2.24) is 15.5 Å². The molecule has 0 aromatic heterocycles. The van der Waals surface area contributed by atoms with Gasteiger partial charge in [-0.3, -0.25) is 14.7 Å². The molecule has 8 heteroatoms. The Bertz CT molecular complexity index is 604. The third-order valence-electron chi connectivity index (χ3n) is 4.50. The average Bonchev–Trinajstić information content (AvgIpc) is 2.63. The first-order valence-corrected chi connectivity index (χ1v) is 9.24. The van der Waals surface area contributed by atoms with Gasteiger partial charge in [-0.25, -0.2) is 0 Å². The highest BCUT2D eigenvalue weighted by Crippen LogP contribution is 2.16. The Hall–Kier alpha value is -1.55. The molecule has 4 N–H and O–H groups in total. The number of ether oxygens (including phenoxy) is 1. The monoisotopic (exact) mass is 489 g/mol. The molecule has 2 rings (SSSR count). The van der Waals surface area contributed by atoms with Gasteiger partial charge >= 0.3 is 0 Å². The molecule has 0 radical (unpaired) electrons. The second-order valence-corrected chi connectivity index (χ2v) is 6.63. The van der Waals surface area contributed by atoms with Gasteiger partial charge in [-0.2, -0.15) is 0 Å². The lowest BCUT2D eigenvalue weighted by Crippen LogP contribution is -2.50. The van der Waals surface area contributed by atoms with Gasteiger partial charge in [0.05, 0.1) is 13.2 Å². The van der Waals surface area contributed by atoms with E-state index >= 15 is 0 Å². The number of nitrogens with two attached hydrogens (primary N) is 1. The third kappa shape index (κ3) is 8.79. The van der Waals surface area contributed by atoms with E-state index in [0.717, 1.165) is 56.2 Å². The molecule has 1 fully saturated rings. The zero-order chi connectivity index (χ0) is 18.8. The van der Waals surface area contributed by atoms with Gasteiger partial charge in [0.2, 0.25) is 5.91 Å². The van der Waals surface area contributed by atoms with Crippen molar-refractivity contribution in [2.24, 2.45) is 10.7 Å². The second-order valence-electron chi connectivity index (χ2n) is 6.63. The molecule has 1 aliphatic heterocycles. The van der Waals surface area contributed by atoms with Crippen molar-refractivity contribution in [3.05, 3.63) is 29.8 Å². The Kier molecular flexibility index (Phi) is 11.1. The van der Waals surface area contributed by atoms with Gasteiger partial charge in [0, 0.05) is 32.7 Å². The number of aryl methyl sites for hydroxylation is 1. The zero-order valence-corrected chi connectivity index (χ0v) is 18.6. The number of nitrogens with zero attached hydrogens (tertiary/aromatic N) is 2. The fraction of sp³-hybridized carbons (Fsp3) is 0.579. The molecule has 1 amide bonds. The van der Waals surface area contributed by atoms with Crippen LogP contribution in [-0.4, -0.2) is 62.6 Å². The van der Waals surface area contributed by atoms with Gasteiger partial charge in [-0.1, -0.05) is 18.2 Å². The fourth-order valence-electron chi connectivity index (χ4n) is 3.02. The van der Waals surface area contributed by atoms with Crippen LogP contribution in [0.5, 0.6) is 5.75 Å². The highest BCUT2D eigenvalue weighted by molar-refractivity contribution is 14.0. The van der Waals surface area contributed by atoms with E-state index in [-0.39, 0.29) is 29.9 Å². The van der Waals surface area contributed by atoms with Crippen LogP contribution in [0.15, 0.2) is 29.3 Å². The molecule has 1 saturated heterocycles. The Morgan fingerprint density at radius 1 is 1.33 bits per heavy atom. The summed E-state index contributed by atoms with van der Waals surface area (Å²) in [6, 6.07) is 8.41. The van der Waals surface area contributed by atoms with Crippen LogP contribution in [0.1, 0.15) is 24.8 Å². The normalized spacial score (nSPS) is 15.7. The number of hydrogen-bond donors (Lipinski definition) is 3. The van der Waals surface area contributed by atoms with E-state index in [2.05, 4.69) is 20.5 Å². The average molecular weight is 489 g/mol. The lowest BCUT2D eigenvalue weighted by Gasteiger charge is -2.32. The number of likely N-dealkylation sites (tertiary alicyclic amines) is 1. The number of amides is 1. The first-order chi connectivity index (χ1) is 12.6. The van der Waals surface area contributed by atoms with E-state index in [1.807, 2.05) is 31.2 Å². The number of guanidine groups is 1. The number of carbonyl (C=O) groups excluding carboxylic acids is 1. The van der Waals surface area contributed by atoms with E-state index in [1.54, 1.807) is 7.05 Å². The topological polar surface area (TPSA) is 92.0 Å². The summed E-state index contributed by atoms with van der Waals surface area (Å²) in [5, 5.41) is 6.78. The predicted molar refractivity (Wildman–Crippen MR) is 120 cm³/mol. The van der Waals surface area contributed by atoms with E-state index in [1.165, 1.54) is 0 Å². The number of carbonyl (C=O) groups is 1. The number of primary amides is 1. The molecule has 0 bridgehead atoms. The van der Waals surface area contributed by atoms with Crippen molar-refractivity contribution in [3.63, 3.8) is 0 Å². The molecular formula is C19H32IN5O2. The highest BCUT2D eigenvalue weighted by atomic mass is 127. The molecule has 27 heavy (non-hydrogen) atoms. The predicted octanol–water partition coefficient (Wildman–Crippen LogP) is 1.50. The number of aliphatic imine (C=N–C) groups is 1. The number of piperidine rings is 1. The summed E-state index contributed by atoms with van der Waals surface area (Å²) < 4.78 is 5.80. The smallest absolute Gasteiger partial charge is 0.231 e.